The lowest BCUT2D eigenvalue weighted by molar-refractivity contribution is -0.120. The minimum atomic E-state index is -0.267. The molecule has 2 amide bonds. The summed E-state index contributed by atoms with van der Waals surface area (Å²) < 4.78 is 13.5. The van der Waals surface area contributed by atoms with Crippen molar-refractivity contribution in [3.63, 3.8) is 0 Å². The van der Waals surface area contributed by atoms with E-state index < -0.39 is 0 Å². The first-order chi connectivity index (χ1) is 12.8. The molecule has 0 aromatic heterocycles. The Morgan fingerprint density at radius 2 is 1.59 bits per heavy atom. The van der Waals surface area contributed by atoms with Gasteiger partial charge in [0.1, 0.15) is 5.82 Å². The van der Waals surface area contributed by atoms with E-state index in [9.17, 15) is 14.0 Å². The molecule has 0 saturated carbocycles. The fourth-order valence-electron chi connectivity index (χ4n) is 2.64. The van der Waals surface area contributed by atoms with Crippen molar-refractivity contribution in [2.75, 3.05) is 13.1 Å². The smallest absolute Gasteiger partial charge is 0.251 e. The Balaban J connectivity index is 1.70. The van der Waals surface area contributed by atoms with Gasteiger partial charge in [0.2, 0.25) is 5.91 Å². The summed E-state index contributed by atoms with van der Waals surface area (Å²) in [6.07, 6.45) is 0.619. The quantitative estimate of drug-likeness (QED) is 0.782. The van der Waals surface area contributed by atoms with Crippen LogP contribution in [-0.4, -0.2) is 24.9 Å². The zero-order valence-electron chi connectivity index (χ0n) is 16.1. The van der Waals surface area contributed by atoms with Gasteiger partial charge in [-0.2, -0.15) is 0 Å². The normalized spacial score (nSPS) is 11.1. The van der Waals surface area contributed by atoms with Crippen LogP contribution in [0.4, 0.5) is 4.39 Å². The summed E-state index contributed by atoms with van der Waals surface area (Å²) in [5.41, 5.74) is 2.34. The monoisotopic (exact) mass is 370 g/mol. The third-order valence-electron chi connectivity index (χ3n) is 4.33. The van der Waals surface area contributed by atoms with E-state index in [0.717, 1.165) is 5.56 Å². The number of carbonyl (C=O) groups is 2. The van der Waals surface area contributed by atoms with Gasteiger partial charge < -0.3 is 10.6 Å². The largest absolute Gasteiger partial charge is 0.356 e. The Kier molecular flexibility index (Phi) is 7.11. The molecule has 4 nitrogen and oxygen atoms in total. The summed E-state index contributed by atoms with van der Waals surface area (Å²) in [7, 11) is 0. The highest BCUT2D eigenvalue weighted by molar-refractivity contribution is 5.94. The van der Waals surface area contributed by atoms with Gasteiger partial charge in [-0.25, -0.2) is 4.39 Å². The molecule has 2 N–H and O–H groups in total. The summed E-state index contributed by atoms with van der Waals surface area (Å²) in [5.74, 6) is -0.638. The zero-order valence-corrected chi connectivity index (χ0v) is 16.1. The van der Waals surface area contributed by atoms with Gasteiger partial charge in [-0.3, -0.25) is 9.59 Å². The molecule has 0 heterocycles. The second-order valence-corrected chi connectivity index (χ2v) is 7.52. The molecule has 2 aromatic carbocycles. The van der Waals surface area contributed by atoms with Crippen LogP contribution in [0.25, 0.3) is 0 Å². The van der Waals surface area contributed by atoms with E-state index in [4.69, 9.17) is 0 Å². The Hall–Kier alpha value is -2.69. The minimum absolute atomic E-state index is 0.0375. The average molecular weight is 370 g/mol. The maximum atomic E-state index is 13.5. The van der Waals surface area contributed by atoms with Gasteiger partial charge in [0.25, 0.3) is 5.91 Å². The highest BCUT2D eigenvalue weighted by Crippen LogP contribution is 2.22. The molecule has 0 unspecified atom stereocenters. The molecule has 0 spiro atoms. The second kappa shape index (κ2) is 9.31. The second-order valence-electron chi connectivity index (χ2n) is 7.52. The van der Waals surface area contributed by atoms with Crippen LogP contribution < -0.4 is 10.6 Å². The highest BCUT2D eigenvalue weighted by Gasteiger charge is 2.14. The van der Waals surface area contributed by atoms with Gasteiger partial charge in [0, 0.05) is 25.1 Å². The van der Waals surface area contributed by atoms with Crippen molar-refractivity contribution >= 4 is 11.8 Å². The molecule has 0 bridgehead atoms. The van der Waals surface area contributed by atoms with Crippen LogP contribution in [0.3, 0.4) is 0 Å². The standard InChI is InChI=1S/C22H27FN2O2/c1-22(2,3)18-10-8-17(9-11-18)21(27)25-15-13-20(26)24-14-12-16-6-4-5-7-19(16)23/h4-11H,12-15H2,1-3H3,(H,24,26)(H,25,27). The number of halogens is 1. The lowest BCUT2D eigenvalue weighted by Gasteiger charge is -2.19. The number of nitrogens with one attached hydrogen (secondary N) is 2. The summed E-state index contributed by atoms with van der Waals surface area (Å²) >= 11 is 0. The van der Waals surface area contributed by atoms with E-state index in [0.29, 0.717) is 24.1 Å². The summed E-state index contributed by atoms with van der Waals surface area (Å²) in [6.45, 7) is 6.97. The van der Waals surface area contributed by atoms with Crippen molar-refractivity contribution in [2.45, 2.75) is 39.0 Å². The van der Waals surface area contributed by atoms with E-state index >= 15 is 0 Å². The van der Waals surface area contributed by atoms with E-state index in [1.54, 1.807) is 30.3 Å². The van der Waals surface area contributed by atoms with Crippen LogP contribution in [0.15, 0.2) is 48.5 Å². The van der Waals surface area contributed by atoms with Gasteiger partial charge in [-0.1, -0.05) is 51.1 Å². The van der Waals surface area contributed by atoms with Crippen LogP contribution >= 0.6 is 0 Å². The number of benzene rings is 2. The number of hydrogen-bond donors (Lipinski definition) is 2. The molecule has 144 valence electrons. The predicted molar refractivity (Wildman–Crippen MR) is 105 cm³/mol. The van der Waals surface area contributed by atoms with Crippen LogP contribution in [0.2, 0.25) is 0 Å². The van der Waals surface area contributed by atoms with Crippen molar-refractivity contribution in [3.05, 3.63) is 71.0 Å². The van der Waals surface area contributed by atoms with Crippen LogP contribution in [-0.2, 0) is 16.6 Å². The topological polar surface area (TPSA) is 58.2 Å². The van der Waals surface area contributed by atoms with Crippen molar-refractivity contribution in [2.24, 2.45) is 0 Å². The molecule has 0 saturated heterocycles. The molecule has 0 fully saturated rings. The molecule has 0 radical (unpaired) electrons. The molecule has 2 aromatic rings. The molecule has 0 aliphatic carbocycles. The first-order valence-electron chi connectivity index (χ1n) is 9.16. The molecule has 0 atom stereocenters. The molecule has 0 aliphatic heterocycles. The third kappa shape index (κ3) is 6.51. The zero-order chi connectivity index (χ0) is 19.9. The van der Waals surface area contributed by atoms with Crippen molar-refractivity contribution in [1.29, 1.82) is 0 Å². The molecule has 2 rings (SSSR count). The van der Waals surface area contributed by atoms with Crippen LogP contribution in [0.1, 0.15) is 48.7 Å². The SMILES string of the molecule is CC(C)(C)c1ccc(C(=O)NCCC(=O)NCCc2ccccc2F)cc1. The third-order valence-corrected chi connectivity index (χ3v) is 4.33. The van der Waals surface area contributed by atoms with Crippen LogP contribution in [0, 0.1) is 5.82 Å². The average Bonchev–Trinajstić information content (AvgIpc) is 2.62. The fourth-order valence-corrected chi connectivity index (χ4v) is 2.64. The number of rotatable bonds is 7. The molecule has 27 heavy (non-hydrogen) atoms. The summed E-state index contributed by atoms with van der Waals surface area (Å²) in [5, 5.41) is 5.48. The highest BCUT2D eigenvalue weighted by atomic mass is 19.1. The lowest BCUT2D eigenvalue weighted by atomic mass is 9.87. The first-order valence-corrected chi connectivity index (χ1v) is 9.16. The van der Waals surface area contributed by atoms with E-state index in [1.807, 2.05) is 12.1 Å². The fraction of sp³-hybridized carbons (Fsp3) is 0.364. The molecular weight excluding hydrogens is 343 g/mol. The maximum Gasteiger partial charge on any atom is 0.251 e. The molecular formula is C22H27FN2O2. The van der Waals surface area contributed by atoms with Gasteiger partial charge >= 0.3 is 0 Å². The first kappa shape index (κ1) is 20.6. The summed E-state index contributed by atoms with van der Waals surface area (Å²) in [6, 6.07) is 14.0. The minimum Gasteiger partial charge on any atom is -0.356 e. The van der Waals surface area contributed by atoms with E-state index in [2.05, 4.69) is 31.4 Å². The van der Waals surface area contributed by atoms with Gasteiger partial charge in [-0.05, 0) is 41.2 Å². The number of carbonyl (C=O) groups excluding carboxylic acids is 2. The van der Waals surface area contributed by atoms with E-state index in [-0.39, 0.29) is 36.0 Å². The maximum absolute atomic E-state index is 13.5. The Bertz CT molecular complexity index is 780. The lowest BCUT2D eigenvalue weighted by Crippen LogP contribution is -2.31. The van der Waals surface area contributed by atoms with Gasteiger partial charge in [-0.15, -0.1) is 0 Å². The number of hydrogen-bond acceptors (Lipinski definition) is 2. The van der Waals surface area contributed by atoms with Crippen molar-refractivity contribution in [3.8, 4) is 0 Å². The summed E-state index contributed by atoms with van der Waals surface area (Å²) in [4.78, 5) is 24.0. The Morgan fingerprint density at radius 3 is 2.22 bits per heavy atom. The van der Waals surface area contributed by atoms with Gasteiger partial charge in [0.05, 0.1) is 0 Å². The molecule has 5 heteroatoms. The van der Waals surface area contributed by atoms with E-state index in [1.165, 1.54) is 6.07 Å². The number of amides is 2. The van der Waals surface area contributed by atoms with Crippen molar-refractivity contribution < 1.29 is 14.0 Å². The van der Waals surface area contributed by atoms with Crippen molar-refractivity contribution in [1.82, 2.24) is 10.6 Å². The van der Waals surface area contributed by atoms with Crippen LogP contribution in [0.5, 0.6) is 0 Å². The predicted octanol–water partition coefficient (Wildman–Crippen LogP) is 3.60. The Morgan fingerprint density at radius 1 is 0.926 bits per heavy atom. The molecule has 0 aliphatic rings. The van der Waals surface area contributed by atoms with Gasteiger partial charge in [0.15, 0.2) is 0 Å². The Labute approximate surface area is 160 Å².